The van der Waals surface area contributed by atoms with Crippen LogP contribution in [0.4, 0.5) is 0 Å². The molecule has 258 valence electrons. The molecule has 1 nitrogen and oxygen atoms in total. The van der Waals surface area contributed by atoms with Crippen LogP contribution in [-0.2, 0) is 26.8 Å². The Bertz CT molecular complexity index is 1200. The standard InChI is InChI=1S/C33H49P.C8H10N.2ClH.Pd/c1-23(2)26-21-30(24(3)4)33(31(22-26)25(5)6)29-19-13-14-20-32(29)34(27-15-9-7-10-16-27)28-17-11-8-12-18-28;9-7-6-8-4-2-1-3-5-8;;;/h13-14,19-25,27-28H,7-12,15-18H2,1-6H3;1-4H,6-7,9H2;2*1H;/q;-1;;;+2/p-2. The molecule has 0 bridgehead atoms. The maximum Gasteiger partial charge on any atom is 2.00 e. The average molecular weight is 774 g/mol. The first kappa shape index (κ1) is 43.3. The molecule has 2 aliphatic rings. The Balaban J connectivity index is 0.000000765. The van der Waals surface area contributed by atoms with Gasteiger partial charge < -0.3 is 30.5 Å². The molecule has 2 saturated carbocycles. The molecule has 0 aliphatic heterocycles. The van der Waals surface area contributed by atoms with E-state index in [0.717, 1.165) is 17.7 Å². The zero-order valence-corrected chi connectivity index (χ0v) is 33.2. The van der Waals surface area contributed by atoms with Crippen LogP contribution in [0, 0.1) is 6.07 Å². The van der Waals surface area contributed by atoms with Crippen molar-refractivity contribution in [3.63, 3.8) is 0 Å². The Morgan fingerprint density at radius 2 is 1.20 bits per heavy atom. The van der Waals surface area contributed by atoms with Crippen molar-refractivity contribution in [3.05, 3.63) is 89.0 Å². The number of rotatable bonds is 9. The van der Waals surface area contributed by atoms with E-state index in [1.807, 2.05) is 24.3 Å². The van der Waals surface area contributed by atoms with Crippen LogP contribution in [0.25, 0.3) is 11.1 Å². The summed E-state index contributed by atoms with van der Waals surface area (Å²) in [6, 6.07) is 25.8. The zero-order valence-electron chi connectivity index (χ0n) is 29.2. The van der Waals surface area contributed by atoms with E-state index in [-0.39, 0.29) is 53.2 Å². The van der Waals surface area contributed by atoms with Crippen molar-refractivity contribution in [1.82, 2.24) is 0 Å². The largest absolute Gasteiger partial charge is 2.00 e. The Morgan fingerprint density at radius 1 is 0.696 bits per heavy atom. The third kappa shape index (κ3) is 11.7. The molecule has 0 aromatic heterocycles. The van der Waals surface area contributed by atoms with Crippen molar-refractivity contribution in [2.75, 3.05) is 6.54 Å². The van der Waals surface area contributed by atoms with Crippen LogP contribution in [0.3, 0.4) is 0 Å². The van der Waals surface area contributed by atoms with E-state index in [0.29, 0.717) is 24.3 Å². The monoisotopic (exact) mass is 772 g/mol. The molecular weight excluding hydrogens is 715 g/mol. The number of hydrogen-bond acceptors (Lipinski definition) is 1. The predicted molar refractivity (Wildman–Crippen MR) is 192 cm³/mol. The van der Waals surface area contributed by atoms with Gasteiger partial charge in [-0.1, -0.05) is 124 Å². The van der Waals surface area contributed by atoms with E-state index in [2.05, 4.69) is 84.0 Å². The molecule has 2 N–H and O–H groups in total. The molecule has 0 saturated heterocycles. The summed E-state index contributed by atoms with van der Waals surface area (Å²) in [6.45, 7) is 15.0. The molecule has 0 amide bonds. The van der Waals surface area contributed by atoms with Crippen LogP contribution in [0.2, 0.25) is 0 Å². The summed E-state index contributed by atoms with van der Waals surface area (Å²) in [5.74, 6) is 1.64. The minimum Gasteiger partial charge on any atom is -1.00 e. The van der Waals surface area contributed by atoms with Gasteiger partial charge in [0.2, 0.25) is 0 Å². The van der Waals surface area contributed by atoms with Crippen molar-refractivity contribution in [1.29, 1.82) is 0 Å². The molecule has 5 heteroatoms. The van der Waals surface area contributed by atoms with Gasteiger partial charge >= 0.3 is 20.4 Å². The number of hydrogen-bond donors (Lipinski definition) is 1. The van der Waals surface area contributed by atoms with E-state index in [9.17, 15) is 0 Å². The molecular formula is C41H59Cl2NPPd-. The van der Waals surface area contributed by atoms with Gasteiger partial charge in [0.1, 0.15) is 0 Å². The molecule has 0 atom stereocenters. The van der Waals surface area contributed by atoms with E-state index in [4.69, 9.17) is 5.73 Å². The third-order valence-electron chi connectivity index (χ3n) is 9.71. The quantitative estimate of drug-likeness (QED) is 0.174. The Hall–Kier alpha value is -0.708. The second-order valence-corrected chi connectivity index (χ2v) is 16.7. The average Bonchev–Trinajstić information content (AvgIpc) is 3.03. The summed E-state index contributed by atoms with van der Waals surface area (Å²) in [6.07, 6.45) is 15.5. The Labute approximate surface area is 310 Å². The van der Waals surface area contributed by atoms with Crippen LogP contribution in [0.15, 0.2) is 60.7 Å². The molecule has 0 spiro atoms. The second kappa shape index (κ2) is 22.1. The van der Waals surface area contributed by atoms with Crippen molar-refractivity contribution < 1.29 is 45.2 Å². The zero-order chi connectivity index (χ0) is 30.8. The SMILES string of the molecule is CC(C)c1cc(C(C)C)c(-c2ccccc2P(C2CCCCC2)C2CCCCC2)c(C(C)C)c1.NCCc1[c-]cccc1.[Cl-].[Cl-].[Pd+2]. The summed E-state index contributed by atoms with van der Waals surface area (Å²) in [7, 11) is -0.120. The van der Waals surface area contributed by atoms with Crippen LogP contribution < -0.4 is 35.9 Å². The maximum absolute atomic E-state index is 5.34. The van der Waals surface area contributed by atoms with Gasteiger partial charge in [-0.05, 0) is 101 Å². The predicted octanol–water partition coefficient (Wildman–Crippen LogP) is 5.49. The summed E-state index contributed by atoms with van der Waals surface area (Å²) < 4.78 is 0. The molecule has 3 aromatic rings. The van der Waals surface area contributed by atoms with Crippen molar-refractivity contribution in [3.8, 4) is 11.1 Å². The summed E-state index contributed by atoms with van der Waals surface area (Å²) >= 11 is 0. The van der Waals surface area contributed by atoms with E-state index in [1.165, 1.54) is 75.3 Å². The van der Waals surface area contributed by atoms with Crippen molar-refractivity contribution >= 4 is 13.2 Å². The molecule has 0 unspecified atom stereocenters. The molecule has 46 heavy (non-hydrogen) atoms. The fraction of sp³-hybridized carbons (Fsp3) is 0.561. The van der Waals surface area contributed by atoms with Gasteiger partial charge in [-0.3, -0.25) is 0 Å². The molecule has 0 heterocycles. The summed E-state index contributed by atoms with van der Waals surface area (Å²) in [5.41, 5.74) is 16.2. The van der Waals surface area contributed by atoms with Crippen LogP contribution in [0.1, 0.15) is 146 Å². The first-order chi connectivity index (χ1) is 20.8. The molecule has 2 aliphatic carbocycles. The first-order valence-electron chi connectivity index (χ1n) is 17.5. The first-order valence-corrected chi connectivity index (χ1v) is 19.0. The molecule has 3 aromatic carbocycles. The normalized spacial score (nSPS) is 15.5. The fourth-order valence-corrected chi connectivity index (χ4v) is 11.3. The Kier molecular flexibility index (Phi) is 20.8. The number of benzene rings is 3. The van der Waals surface area contributed by atoms with E-state index in [1.54, 1.807) is 27.6 Å². The third-order valence-corrected chi connectivity index (χ3v) is 13.3. The maximum atomic E-state index is 5.34. The van der Waals surface area contributed by atoms with E-state index >= 15 is 0 Å². The van der Waals surface area contributed by atoms with Gasteiger partial charge in [0.15, 0.2) is 0 Å². The van der Waals surface area contributed by atoms with Crippen LogP contribution in [0.5, 0.6) is 0 Å². The summed E-state index contributed by atoms with van der Waals surface area (Å²) in [5, 5.41) is 1.75. The smallest absolute Gasteiger partial charge is 1.00 e. The van der Waals surface area contributed by atoms with Crippen LogP contribution >= 0.6 is 7.92 Å². The van der Waals surface area contributed by atoms with E-state index < -0.39 is 0 Å². The van der Waals surface area contributed by atoms with Gasteiger partial charge in [0.25, 0.3) is 0 Å². The molecule has 2 fully saturated rings. The summed E-state index contributed by atoms with van der Waals surface area (Å²) in [4.78, 5) is 0. The van der Waals surface area contributed by atoms with Crippen LogP contribution in [-0.4, -0.2) is 17.9 Å². The Morgan fingerprint density at radius 3 is 1.63 bits per heavy atom. The van der Waals surface area contributed by atoms with Gasteiger partial charge in [-0.25, -0.2) is 0 Å². The molecule has 5 rings (SSSR count). The second-order valence-electron chi connectivity index (χ2n) is 14.0. The minimum atomic E-state index is -0.120. The van der Waals surface area contributed by atoms with Crippen molar-refractivity contribution in [2.45, 2.75) is 141 Å². The van der Waals surface area contributed by atoms with Gasteiger partial charge in [-0.2, -0.15) is 35.9 Å². The number of nitrogens with two attached hydrogens (primary N) is 1. The fourth-order valence-electron chi connectivity index (χ4n) is 7.33. The topological polar surface area (TPSA) is 26.0 Å². The minimum absolute atomic E-state index is 0. The molecule has 0 radical (unpaired) electrons. The van der Waals surface area contributed by atoms with Crippen molar-refractivity contribution in [2.24, 2.45) is 5.73 Å². The number of halogens is 2. The van der Waals surface area contributed by atoms with Gasteiger partial charge in [0.05, 0.1) is 0 Å². The van der Waals surface area contributed by atoms with Gasteiger partial charge in [-0.15, -0.1) is 0 Å². The van der Waals surface area contributed by atoms with Gasteiger partial charge in [0, 0.05) is 0 Å².